The molecule has 3 nitrogen and oxygen atoms in total. The Kier molecular flexibility index (Phi) is 3.69. The molecule has 100 valence electrons. The van der Waals surface area contributed by atoms with Gasteiger partial charge in [0, 0.05) is 10.8 Å². The summed E-state index contributed by atoms with van der Waals surface area (Å²) in [7, 11) is 0. The molecule has 2 aromatic rings. The van der Waals surface area contributed by atoms with Gasteiger partial charge >= 0.3 is 0 Å². The van der Waals surface area contributed by atoms with E-state index in [-0.39, 0.29) is 11.8 Å². The zero-order chi connectivity index (χ0) is 13.1. The van der Waals surface area contributed by atoms with Crippen molar-refractivity contribution < 1.29 is 9.21 Å². The highest BCUT2D eigenvalue weighted by Crippen LogP contribution is 2.29. The van der Waals surface area contributed by atoms with Crippen molar-refractivity contribution in [1.29, 1.82) is 0 Å². The lowest BCUT2D eigenvalue weighted by Gasteiger charge is -2.31. The van der Waals surface area contributed by atoms with E-state index in [2.05, 4.69) is 6.07 Å². The minimum absolute atomic E-state index is 0.231. The van der Waals surface area contributed by atoms with Crippen LogP contribution in [0.3, 0.4) is 0 Å². The van der Waals surface area contributed by atoms with Crippen LogP contribution in [-0.4, -0.2) is 10.8 Å². The first kappa shape index (κ1) is 12.5. The molecule has 1 amide bonds. The third-order valence-corrected chi connectivity index (χ3v) is 4.48. The summed E-state index contributed by atoms with van der Waals surface area (Å²) in [4.78, 5) is 15.6. The van der Waals surface area contributed by atoms with Crippen molar-refractivity contribution in [3.63, 3.8) is 0 Å². The van der Waals surface area contributed by atoms with Gasteiger partial charge in [-0.2, -0.15) is 0 Å². The van der Waals surface area contributed by atoms with E-state index in [4.69, 9.17) is 4.42 Å². The summed E-state index contributed by atoms with van der Waals surface area (Å²) in [5.41, 5.74) is 0. The Morgan fingerprint density at radius 1 is 1.32 bits per heavy atom. The molecule has 0 radical (unpaired) electrons. The lowest BCUT2D eigenvalue weighted by atomic mass is 9.84. The second kappa shape index (κ2) is 5.61. The molecular formula is C15H17NO2S. The van der Waals surface area contributed by atoms with Gasteiger partial charge in [0.2, 0.25) is 5.91 Å². The van der Waals surface area contributed by atoms with E-state index in [0.717, 1.165) is 18.6 Å². The first-order valence-electron chi connectivity index (χ1n) is 6.66. The summed E-state index contributed by atoms with van der Waals surface area (Å²) in [6, 6.07) is 7.90. The van der Waals surface area contributed by atoms with Crippen LogP contribution in [0.5, 0.6) is 0 Å². The fraction of sp³-hybridized carbons (Fsp3) is 0.400. The number of thiophene rings is 1. The highest BCUT2D eigenvalue weighted by molar-refractivity contribution is 7.09. The lowest BCUT2D eigenvalue weighted by molar-refractivity contribution is -0.139. The molecule has 0 atom stereocenters. The number of furan rings is 1. The molecule has 1 saturated carbocycles. The normalized spacial score (nSPS) is 15.2. The Morgan fingerprint density at radius 3 is 2.79 bits per heavy atom. The molecule has 1 aliphatic rings. The van der Waals surface area contributed by atoms with E-state index >= 15 is 0 Å². The molecule has 0 N–H and O–H groups in total. The lowest BCUT2D eigenvalue weighted by Crippen LogP contribution is -2.37. The fourth-order valence-electron chi connectivity index (χ4n) is 2.31. The predicted molar refractivity (Wildman–Crippen MR) is 74.6 cm³/mol. The van der Waals surface area contributed by atoms with Crippen molar-refractivity contribution in [1.82, 2.24) is 4.90 Å². The van der Waals surface area contributed by atoms with Gasteiger partial charge in [-0.15, -0.1) is 11.3 Å². The van der Waals surface area contributed by atoms with E-state index < -0.39 is 0 Å². The fourth-order valence-corrected chi connectivity index (χ4v) is 3.03. The summed E-state index contributed by atoms with van der Waals surface area (Å²) in [6.07, 6.45) is 4.92. The zero-order valence-corrected chi connectivity index (χ0v) is 11.6. The van der Waals surface area contributed by atoms with Crippen LogP contribution in [0, 0.1) is 5.92 Å². The molecule has 2 aromatic heterocycles. The van der Waals surface area contributed by atoms with Crippen LogP contribution in [0.15, 0.2) is 40.3 Å². The van der Waals surface area contributed by atoms with Crippen molar-refractivity contribution in [2.24, 2.45) is 5.92 Å². The predicted octanol–water partition coefficient (Wildman–Crippen LogP) is 3.67. The molecule has 0 aromatic carbocycles. The molecular weight excluding hydrogens is 258 g/mol. The van der Waals surface area contributed by atoms with Crippen molar-refractivity contribution in [3.8, 4) is 0 Å². The molecule has 1 aliphatic carbocycles. The van der Waals surface area contributed by atoms with Crippen molar-refractivity contribution in [2.45, 2.75) is 32.4 Å². The smallest absolute Gasteiger partial charge is 0.226 e. The monoisotopic (exact) mass is 275 g/mol. The highest BCUT2D eigenvalue weighted by Gasteiger charge is 2.30. The highest BCUT2D eigenvalue weighted by atomic mass is 32.1. The van der Waals surface area contributed by atoms with E-state index in [1.54, 1.807) is 17.6 Å². The van der Waals surface area contributed by atoms with Gasteiger partial charge in [-0.05, 0) is 36.4 Å². The Hall–Kier alpha value is -1.55. The van der Waals surface area contributed by atoms with Crippen LogP contribution in [0.1, 0.15) is 29.9 Å². The Bertz CT molecular complexity index is 478. The van der Waals surface area contributed by atoms with Crippen molar-refractivity contribution >= 4 is 17.2 Å². The average molecular weight is 275 g/mol. The molecule has 4 heteroatoms. The zero-order valence-electron chi connectivity index (χ0n) is 10.7. The van der Waals surface area contributed by atoms with Gasteiger partial charge in [0.05, 0.1) is 19.4 Å². The van der Waals surface area contributed by atoms with Gasteiger partial charge in [0.1, 0.15) is 5.76 Å². The molecule has 3 rings (SSSR count). The third kappa shape index (κ3) is 2.89. The quantitative estimate of drug-likeness (QED) is 0.834. The summed E-state index contributed by atoms with van der Waals surface area (Å²) in [6.45, 7) is 1.26. The number of hydrogen-bond acceptors (Lipinski definition) is 3. The van der Waals surface area contributed by atoms with Crippen LogP contribution >= 0.6 is 11.3 Å². The topological polar surface area (TPSA) is 33.5 Å². The molecule has 0 bridgehead atoms. The van der Waals surface area contributed by atoms with E-state index in [1.807, 2.05) is 28.5 Å². The maximum absolute atomic E-state index is 12.5. The van der Waals surface area contributed by atoms with E-state index in [0.29, 0.717) is 13.1 Å². The molecule has 0 saturated heterocycles. The third-order valence-electron chi connectivity index (χ3n) is 3.62. The molecule has 0 spiro atoms. The number of rotatable bonds is 5. The van der Waals surface area contributed by atoms with Gasteiger partial charge in [-0.3, -0.25) is 4.79 Å². The van der Waals surface area contributed by atoms with Crippen LogP contribution in [0.25, 0.3) is 0 Å². The maximum atomic E-state index is 12.5. The van der Waals surface area contributed by atoms with Crippen LogP contribution in [0.2, 0.25) is 0 Å². The molecule has 2 heterocycles. The number of carbonyl (C=O) groups is 1. The van der Waals surface area contributed by atoms with Gasteiger partial charge in [0.15, 0.2) is 0 Å². The second-order valence-electron chi connectivity index (χ2n) is 4.98. The van der Waals surface area contributed by atoms with Crippen molar-refractivity contribution in [3.05, 3.63) is 46.5 Å². The van der Waals surface area contributed by atoms with Gasteiger partial charge in [-0.1, -0.05) is 12.5 Å². The number of amides is 1. The number of nitrogens with zero attached hydrogens (tertiary/aromatic N) is 1. The summed E-state index contributed by atoms with van der Waals surface area (Å²) >= 11 is 1.69. The SMILES string of the molecule is O=C(C1CCC1)N(Cc1ccco1)Cc1cccs1. The van der Waals surface area contributed by atoms with E-state index in [9.17, 15) is 4.79 Å². The standard InChI is InChI=1S/C15H17NO2S/c17-15(12-4-1-5-12)16(10-13-6-2-8-18-13)11-14-7-3-9-19-14/h2-3,6-9,12H,1,4-5,10-11H2. The van der Waals surface area contributed by atoms with E-state index in [1.165, 1.54) is 11.3 Å². The molecule has 1 fully saturated rings. The first-order valence-corrected chi connectivity index (χ1v) is 7.54. The molecule has 0 unspecified atom stereocenters. The number of hydrogen-bond donors (Lipinski definition) is 0. The van der Waals surface area contributed by atoms with Gasteiger partial charge < -0.3 is 9.32 Å². The van der Waals surface area contributed by atoms with Gasteiger partial charge in [0.25, 0.3) is 0 Å². The van der Waals surface area contributed by atoms with Gasteiger partial charge in [-0.25, -0.2) is 0 Å². The number of carbonyl (C=O) groups excluding carboxylic acids is 1. The summed E-state index contributed by atoms with van der Waals surface area (Å²) in [5, 5.41) is 2.05. The average Bonchev–Trinajstić information content (AvgIpc) is 2.98. The van der Waals surface area contributed by atoms with Crippen LogP contribution in [-0.2, 0) is 17.9 Å². The van der Waals surface area contributed by atoms with Crippen molar-refractivity contribution in [2.75, 3.05) is 0 Å². The molecule has 0 aliphatic heterocycles. The maximum Gasteiger partial charge on any atom is 0.226 e. The minimum atomic E-state index is 0.231. The second-order valence-corrected chi connectivity index (χ2v) is 6.01. The molecule has 19 heavy (non-hydrogen) atoms. The first-order chi connectivity index (χ1) is 9.33. The minimum Gasteiger partial charge on any atom is -0.467 e. The Labute approximate surface area is 116 Å². The van der Waals surface area contributed by atoms with Crippen LogP contribution in [0.4, 0.5) is 0 Å². The Morgan fingerprint density at radius 2 is 2.21 bits per heavy atom. The summed E-state index contributed by atoms with van der Waals surface area (Å²) in [5.74, 6) is 1.36. The largest absolute Gasteiger partial charge is 0.467 e. The Balaban J connectivity index is 1.72. The van der Waals surface area contributed by atoms with Crippen LogP contribution < -0.4 is 0 Å². The summed E-state index contributed by atoms with van der Waals surface area (Å²) < 4.78 is 5.37.